The molecule has 2 bridgehead atoms. The van der Waals surface area contributed by atoms with Crippen LogP contribution in [0.4, 0.5) is 0 Å². The van der Waals surface area contributed by atoms with E-state index >= 15 is 0 Å². The lowest BCUT2D eigenvalue weighted by molar-refractivity contribution is 0.0123. The second-order valence-electron chi connectivity index (χ2n) is 7.32. The molecule has 2 aliphatic heterocycles. The summed E-state index contributed by atoms with van der Waals surface area (Å²) in [5, 5.41) is 9.82. The van der Waals surface area contributed by atoms with Crippen LogP contribution in [0.1, 0.15) is 24.3 Å². The molecule has 3 aromatic rings. The first-order valence-corrected chi connectivity index (χ1v) is 10.2. The molecule has 26 heavy (non-hydrogen) atoms. The van der Waals surface area contributed by atoms with Crippen molar-refractivity contribution in [2.75, 3.05) is 19.6 Å². The van der Waals surface area contributed by atoms with E-state index in [9.17, 15) is 0 Å². The largest absolute Gasteiger partial charge is 0.473 e. The van der Waals surface area contributed by atoms with Gasteiger partial charge in [0.2, 0.25) is 5.88 Å². The highest BCUT2D eigenvalue weighted by molar-refractivity contribution is 7.18. The summed E-state index contributed by atoms with van der Waals surface area (Å²) < 4.78 is 7.40. The van der Waals surface area contributed by atoms with Crippen LogP contribution in [0.2, 0.25) is 0 Å². The molecule has 0 radical (unpaired) electrons. The van der Waals surface area contributed by atoms with Gasteiger partial charge in [0.1, 0.15) is 6.10 Å². The van der Waals surface area contributed by atoms with Gasteiger partial charge >= 0.3 is 0 Å². The van der Waals surface area contributed by atoms with Crippen LogP contribution in [0.5, 0.6) is 5.88 Å². The van der Waals surface area contributed by atoms with E-state index in [-0.39, 0.29) is 6.10 Å². The number of hydrogen-bond donors (Lipinski definition) is 0. The number of aryl methyl sites for hydroxylation is 1. The summed E-state index contributed by atoms with van der Waals surface area (Å²) in [6.45, 7) is 5.59. The smallest absolute Gasteiger partial charge is 0.233 e. The third kappa shape index (κ3) is 3.08. The predicted molar refractivity (Wildman–Crippen MR) is 104 cm³/mol. The standard InChI is InChI=1S/C20H22N4OS/c1-13-21-17-11-14(4-6-19(17)26-13)16-5-7-20(23-22-16)25-18-8-10-24-9-2-3-15(18)12-24/h4-7,11,15,18H,2-3,8-10,12H2,1H3/t15-,18-/m0/s1. The van der Waals surface area contributed by atoms with Crippen molar-refractivity contribution in [3.05, 3.63) is 35.3 Å². The van der Waals surface area contributed by atoms with Gasteiger partial charge in [-0.1, -0.05) is 6.07 Å². The number of rotatable bonds is 3. The van der Waals surface area contributed by atoms with E-state index in [1.807, 2.05) is 19.1 Å². The summed E-state index contributed by atoms with van der Waals surface area (Å²) in [7, 11) is 0. The van der Waals surface area contributed by atoms with Crippen LogP contribution in [-0.4, -0.2) is 45.8 Å². The number of benzene rings is 1. The fraction of sp³-hybridized carbons (Fsp3) is 0.450. The Morgan fingerprint density at radius 3 is 2.96 bits per heavy atom. The molecule has 5 rings (SSSR count). The fourth-order valence-corrected chi connectivity index (χ4v) is 5.00. The number of hydrogen-bond acceptors (Lipinski definition) is 6. The quantitative estimate of drug-likeness (QED) is 0.703. The topological polar surface area (TPSA) is 51.1 Å². The molecule has 2 aliphatic rings. The Morgan fingerprint density at radius 1 is 1.12 bits per heavy atom. The zero-order valence-electron chi connectivity index (χ0n) is 14.9. The SMILES string of the molecule is Cc1nc2cc(-c3ccc(O[C@H]4CCN5CCC[C@H]4C5)nn3)ccc2s1. The van der Waals surface area contributed by atoms with Crippen molar-refractivity contribution in [1.82, 2.24) is 20.1 Å². The van der Waals surface area contributed by atoms with Crippen LogP contribution >= 0.6 is 11.3 Å². The van der Waals surface area contributed by atoms with Crippen molar-refractivity contribution >= 4 is 21.6 Å². The van der Waals surface area contributed by atoms with E-state index in [4.69, 9.17) is 4.74 Å². The Morgan fingerprint density at radius 2 is 2.08 bits per heavy atom. The van der Waals surface area contributed by atoms with Gasteiger partial charge in [-0.3, -0.25) is 0 Å². The van der Waals surface area contributed by atoms with E-state index in [1.165, 1.54) is 30.6 Å². The Labute approximate surface area is 157 Å². The van der Waals surface area contributed by atoms with E-state index < -0.39 is 0 Å². The van der Waals surface area contributed by atoms with Gasteiger partial charge in [-0.2, -0.15) is 0 Å². The van der Waals surface area contributed by atoms with Crippen LogP contribution in [0, 0.1) is 12.8 Å². The molecule has 2 aromatic heterocycles. The van der Waals surface area contributed by atoms with Gasteiger partial charge in [0.05, 0.1) is 20.9 Å². The summed E-state index contributed by atoms with van der Waals surface area (Å²) in [5.74, 6) is 1.28. The predicted octanol–water partition coefficient (Wildman–Crippen LogP) is 3.92. The zero-order valence-corrected chi connectivity index (χ0v) is 15.7. The highest BCUT2D eigenvalue weighted by Crippen LogP contribution is 2.30. The average Bonchev–Trinajstić information content (AvgIpc) is 3.04. The molecule has 0 N–H and O–H groups in total. The van der Waals surface area contributed by atoms with Crippen LogP contribution in [0.25, 0.3) is 21.5 Å². The number of nitrogens with zero attached hydrogens (tertiary/aromatic N) is 4. The van der Waals surface area contributed by atoms with Crippen LogP contribution < -0.4 is 4.74 Å². The molecule has 2 fully saturated rings. The van der Waals surface area contributed by atoms with Crippen molar-refractivity contribution in [3.8, 4) is 17.1 Å². The highest BCUT2D eigenvalue weighted by Gasteiger charge is 2.33. The van der Waals surface area contributed by atoms with E-state index in [1.54, 1.807) is 11.3 Å². The van der Waals surface area contributed by atoms with Crippen molar-refractivity contribution in [1.29, 1.82) is 0 Å². The molecular weight excluding hydrogens is 344 g/mol. The average molecular weight is 366 g/mol. The summed E-state index contributed by atoms with van der Waals surface area (Å²) in [4.78, 5) is 7.12. The van der Waals surface area contributed by atoms with Gasteiger partial charge in [0, 0.05) is 30.6 Å². The lowest BCUT2D eigenvalue weighted by atomic mass is 9.87. The van der Waals surface area contributed by atoms with Gasteiger partial charge in [0.15, 0.2) is 0 Å². The minimum Gasteiger partial charge on any atom is -0.473 e. The Kier molecular flexibility index (Phi) is 4.10. The third-order valence-electron chi connectivity index (χ3n) is 5.50. The Bertz CT molecular complexity index is 923. The molecule has 0 saturated carbocycles. The number of thiazole rings is 1. The van der Waals surface area contributed by atoms with E-state index in [2.05, 4.69) is 38.3 Å². The fourth-order valence-electron chi connectivity index (χ4n) is 4.19. The Hall–Kier alpha value is -2.05. The van der Waals surface area contributed by atoms with Crippen LogP contribution in [0.15, 0.2) is 30.3 Å². The van der Waals surface area contributed by atoms with Crippen LogP contribution in [-0.2, 0) is 0 Å². The second kappa shape index (κ2) is 6.59. The first-order valence-electron chi connectivity index (χ1n) is 9.35. The molecule has 0 spiro atoms. The number of ether oxygens (including phenoxy) is 1. The molecule has 0 amide bonds. The van der Waals surface area contributed by atoms with Gasteiger partial charge in [-0.15, -0.1) is 21.5 Å². The summed E-state index contributed by atoms with van der Waals surface area (Å²) in [5.41, 5.74) is 2.93. The normalized spacial score (nSPS) is 25.3. The molecular formula is C20H22N4OS. The van der Waals surface area contributed by atoms with Gasteiger partial charge in [0.25, 0.3) is 0 Å². The molecule has 134 valence electrons. The van der Waals surface area contributed by atoms with Gasteiger partial charge in [-0.25, -0.2) is 4.98 Å². The summed E-state index contributed by atoms with van der Waals surface area (Å²) in [6.07, 6.45) is 3.92. The van der Waals surface area contributed by atoms with Crippen molar-refractivity contribution in [2.45, 2.75) is 32.3 Å². The monoisotopic (exact) mass is 366 g/mol. The second-order valence-corrected chi connectivity index (χ2v) is 8.55. The minimum atomic E-state index is 0.279. The molecule has 0 aliphatic carbocycles. The maximum absolute atomic E-state index is 6.19. The van der Waals surface area contributed by atoms with E-state index in [0.717, 1.165) is 34.7 Å². The molecule has 6 heteroatoms. The lowest BCUT2D eigenvalue weighted by Gasteiger charge is -2.42. The minimum absolute atomic E-state index is 0.279. The molecule has 4 heterocycles. The molecule has 5 nitrogen and oxygen atoms in total. The maximum atomic E-state index is 6.19. The van der Waals surface area contributed by atoms with Gasteiger partial charge in [-0.05, 0) is 50.9 Å². The van der Waals surface area contributed by atoms with Crippen molar-refractivity contribution in [3.63, 3.8) is 0 Å². The molecule has 1 aromatic carbocycles. The molecule has 1 unspecified atom stereocenters. The summed E-state index contributed by atoms with van der Waals surface area (Å²) >= 11 is 1.71. The van der Waals surface area contributed by atoms with Crippen LogP contribution in [0.3, 0.4) is 0 Å². The van der Waals surface area contributed by atoms with Gasteiger partial charge < -0.3 is 9.64 Å². The van der Waals surface area contributed by atoms with Crippen molar-refractivity contribution < 1.29 is 4.74 Å². The third-order valence-corrected chi connectivity index (χ3v) is 6.45. The zero-order chi connectivity index (χ0) is 17.5. The Balaban J connectivity index is 1.33. The molecule has 2 saturated heterocycles. The number of fused-ring (bicyclic) bond motifs is 3. The van der Waals surface area contributed by atoms with Crippen molar-refractivity contribution in [2.24, 2.45) is 5.92 Å². The first kappa shape index (κ1) is 16.1. The summed E-state index contributed by atoms with van der Waals surface area (Å²) in [6, 6.07) is 10.2. The highest BCUT2D eigenvalue weighted by atomic mass is 32.1. The molecule has 3 atom stereocenters. The number of aromatic nitrogens is 3. The lowest BCUT2D eigenvalue weighted by Crippen LogP contribution is -2.49. The van der Waals surface area contributed by atoms with E-state index in [0.29, 0.717) is 11.8 Å². The number of piperidine rings is 2. The maximum Gasteiger partial charge on any atom is 0.233 e. The first-order chi connectivity index (χ1) is 12.7.